The molecule has 1 amide bonds. The Balaban J connectivity index is 1.11. The van der Waals surface area contributed by atoms with Crippen LogP contribution in [0.25, 0.3) is 34.2 Å². The summed E-state index contributed by atoms with van der Waals surface area (Å²) in [6.45, 7) is 12.9. The number of aromatic amines is 1. The smallest absolute Gasteiger partial charge is 0.245 e. The lowest BCUT2D eigenvalue weighted by atomic mass is 9.97. The molecule has 0 aliphatic carbocycles. The number of piperidine rings is 1. The van der Waals surface area contributed by atoms with Gasteiger partial charge in [-0.25, -0.2) is 0 Å². The van der Waals surface area contributed by atoms with Crippen LogP contribution in [0.5, 0.6) is 0 Å². The fourth-order valence-corrected chi connectivity index (χ4v) is 6.37. The van der Waals surface area contributed by atoms with Gasteiger partial charge in [-0.05, 0) is 84.5 Å². The molecule has 0 bridgehead atoms. The third-order valence-electron chi connectivity index (χ3n) is 9.19. The molecular weight excluding hydrogens is 546 g/mol. The summed E-state index contributed by atoms with van der Waals surface area (Å²) < 4.78 is 5.47. The second-order valence-corrected chi connectivity index (χ2v) is 12.1. The van der Waals surface area contributed by atoms with Gasteiger partial charge in [0.15, 0.2) is 0 Å². The van der Waals surface area contributed by atoms with Crippen molar-refractivity contribution in [1.82, 2.24) is 24.9 Å². The zero-order valence-corrected chi connectivity index (χ0v) is 26.0. The van der Waals surface area contributed by atoms with Gasteiger partial charge in [0.05, 0.1) is 24.4 Å². The number of aromatic nitrogens is 2. The maximum absolute atomic E-state index is 11.9. The van der Waals surface area contributed by atoms with E-state index in [0.29, 0.717) is 6.04 Å². The summed E-state index contributed by atoms with van der Waals surface area (Å²) in [5, 5.41) is 8.92. The number of H-pyrrole nitrogens is 1. The molecule has 2 saturated heterocycles. The summed E-state index contributed by atoms with van der Waals surface area (Å²) in [6, 6.07) is 22.6. The second-order valence-electron chi connectivity index (χ2n) is 12.1. The number of aryl methyl sites for hydroxylation is 1. The van der Waals surface area contributed by atoms with Crippen LogP contribution >= 0.6 is 0 Å². The topological polar surface area (TPSA) is 64.7 Å². The molecule has 0 radical (unpaired) electrons. The van der Waals surface area contributed by atoms with Crippen LogP contribution in [0.2, 0.25) is 0 Å². The third kappa shape index (κ3) is 7.02. The van der Waals surface area contributed by atoms with Crippen LogP contribution in [-0.4, -0.2) is 83.3 Å². The zero-order valence-electron chi connectivity index (χ0n) is 26.0. The molecule has 1 N–H and O–H groups in total. The van der Waals surface area contributed by atoms with E-state index in [1.54, 1.807) is 0 Å². The molecule has 7 nitrogen and oxygen atoms in total. The number of hydrogen-bond donors (Lipinski definition) is 1. The van der Waals surface area contributed by atoms with Crippen LogP contribution < -0.4 is 0 Å². The summed E-state index contributed by atoms with van der Waals surface area (Å²) in [6.07, 6.45) is 7.65. The van der Waals surface area contributed by atoms with E-state index in [0.717, 1.165) is 87.5 Å². The fourth-order valence-electron chi connectivity index (χ4n) is 6.37. The molecule has 1 aromatic heterocycles. The van der Waals surface area contributed by atoms with Gasteiger partial charge in [-0.1, -0.05) is 61.2 Å². The van der Waals surface area contributed by atoms with E-state index in [9.17, 15) is 4.79 Å². The molecule has 0 atom stereocenters. The number of benzene rings is 3. The van der Waals surface area contributed by atoms with E-state index < -0.39 is 0 Å². The van der Waals surface area contributed by atoms with Crippen LogP contribution in [-0.2, 0) is 22.6 Å². The first-order valence-corrected chi connectivity index (χ1v) is 15.7. The van der Waals surface area contributed by atoms with Gasteiger partial charge in [-0.3, -0.25) is 19.7 Å². The molecule has 44 heavy (non-hydrogen) atoms. The summed E-state index contributed by atoms with van der Waals surface area (Å²) in [7, 11) is 2.20. The van der Waals surface area contributed by atoms with Crippen LogP contribution in [0.4, 0.5) is 0 Å². The average molecular weight is 590 g/mol. The van der Waals surface area contributed by atoms with E-state index in [1.807, 2.05) is 4.90 Å². The number of morpholine rings is 1. The Morgan fingerprint density at radius 3 is 2.45 bits per heavy atom. The number of rotatable bonds is 9. The Morgan fingerprint density at radius 1 is 1.00 bits per heavy atom. The highest BCUT2D eigenvalue weighted by atomic mass is 16.5. The number of carbonyl (C=O) groups is 1. The molecular formula is C37H43N5O2. The maximum atomic E-state index is 11.9. The molecule has 0 unspecified atom stereocenters. The van der Waals surface area contributed by atoms with Crippen LogP contribution in [0.1, 0.15) is 40.8 Å². The second kappa shape index (κ2) is 13.7. The quantitative estimate of drug-likeness (QED) is 0.237. The summed E-state index contributed by atoms with van der Waals surface area (Å²) in [4.78, 5) is 18.7. The molecule has 0 saturated carbocycles. The van der Waals surface area contributed by atoms with E-state index in [-0.39, 0.29) is 5.91 Å². The van der Waals surface area contributed by atoms with Gasteiger partial charge in [-0.15, -0.1) is 0 Å². The van der Waals surface area contributed by atoms with Crippen LogP contribution in [0, 0.1) is 6.92 Å². The molecule has 2 aliphatic rings. The average Bonchev–Trinajstić information content (AvgIpc) is 3.47. The van der Waals surface area contributed by atoms with Crippen LogP contribution in [0.15, 0.2) is 73.3 Å². The number of likely N-dealkylation sites (tertiary alicyclic amines) is 1. The molecule has 4 aromatic rings. The molecule has 0 spiro atoms. The van der Waals surface area contributed by atoms with Gasteiger partial charge in [-0.2, -0.15) is 5.10 Å². The van der Waals surface area contributed by atoms with Crippen molar-refractivity contribution in [3.8, 4) is 11.1 Å². The standard InChI is InChI=1S/C37H43N5O2/c1-4-37(43)42-17-15-33(16-18-42)40(3)26-32-11-10-30(23-27(32)2)31-12-14-36-34(24-31)35(38-39-36)13-9-28-5-7-29(8-6-28)25-41-19-21-44-22-20-41/h4-14,23-24,33H,1,15-22,25-26H2,2-3H3,(H,38,39)/b13-9+. The Hall–Kier alpha value is -4.04. The van der Waals surface area contributed by atoms with Crippen molar-refractivity contribution in [2.75, 3.05) is 46.4 Å². The van der Waals surface area contributed by atoms with E-state index in [2.05, 4.69) is 113 Å². The Morgan fingerprint density at radius 2 is 1.73 bits per heavy atom. The summed E-state index contributed by atoms with van der Waals surface area (Å²) >= 11 is 0. The van der Waals surface area contributed by atoms with Crippen molar-refractivity contribution in [3.05, 3.63) is 101 Å². The molecule has 6 rings (SSSR count). The van der Waals surface area contributed by atoms with Gasteiger partial charge in [0, 0.05) is 50.7 Å². The van der Waals surface area contributed by atoms with Crippen molar-refractivity contribution in [1.29, 1.82) is 0 Å². The van der Waals surface area contributed by atoms with Gasteiger partial charge in [0.1, 0.15) is 0 Å². The zero-order chi connectivity index (χ0) is 30.5. The predicted molar refractivity (Wildman–Crippen MR) is 179 cm³/mol. The number of carbonyl (C=O) groups excluding carboxylic acids is 1. The molecule has 3 heterocycles. The highest BCUT2D eigenvalue weighted by molar-refractivity contribution is 5.92. The van der Waals surface area contributed by atoms with Crippen molar-refractivity contribution in [3.63, 3.8) is 0 Å². The first-order chi connectivity index (χ1) is 21.5. The number of amides is 1. The van der Waals surface area contributed by atoms with Gasteiger partial charge in [0.2, 0.25) is 5.91 Å². The number of nitrogens with zero attached hydrogens (tertiary/aromatic N) is 4. The number of ether oxygens (including phenoxy) is 1. The summed E-state index contributed by atoms with van der Waals surface area (Å²) in [5.74, 6) is 0.0410. The minimum absolute atomic E-state index is 0.0410. The lowest BCUT2D eigenvalue weighted by Crippen LogP contribution is -2.44. The van der Waals surface area contributed by atoms with Crippen molar-refractivity contribution >= 4 is 29.0 Å². The lowest BCUT2D eigenvalue weighted by Gasteiger charge is -2.36. The fraction of sp³-hybridized carbons (Fsp3) is 0.351. The van der Waals surface area contributed by atoms with E-state index >= 15 is 0 Å². The van der Waals surface area contributed by atoms with E-state index in [1.165, 1.54) is 33.9 Å². The summed E-state index contributed by atoms with van der Waals surface area (Å²) in [5.41, 5.74) is 9.48. The number of hydrogen-bond acceptors (Lipinski definition) is 5. The minimum Gasteiger partial charge on any atom is -0.379 e. The molecule has 2 aliphatic heterocycles. The van der Waals surface area contributed by atoms with Gasteiger partial charge in [0.25, 0.3) is 0 Å². The predicted octanol–water partition coefficient (Wildman–Crippen LogP) is 6.15. The monoisotopic (exact) mass is 589 g/mol. The SMILES string of the molecule is C=CC(=O)N1CCC(N(C)Cc2ccc(-c3ccc4[nH]nc(/C=C/c5ccc(CN6CCOCC6)cc5)c4c3)cc2C)CC1. The normalized spacial score (nSPS) is 16.8. The molecule has 7 heteroatoms. The van der Waals surface area contributed by atoms with Crippen molar-refractivity contribution in [2.45, 2.75) is 38.9 Å². The van der Waals surface area contributed by atoms with Crippen molar-refractivity contribution in [2.24, 2.45) is 0 Å². The number of nitrogens with one attached hydrogen (secondary N) is 1. The third-order valence-corrected chi connectivity index (χ3v) is 9.19. The lowest BCUT2D eigenvalue weighted by molar-refractivity contribution is -0.127. The first-order valence-electron chi connectivity index (χ1n) is 15.7. The molecule has 3 aromatic carbocycles. The minimum atomic E-state index is 0.0410. The number of fused-ring (bicyclic) bond motifs is 1. The van der Waals surface area contributed by atoms with E-state index in [4.69, 9.17) is 4.74 Å². The van der Waals surface area contributed by atoms with Gasteiger partial charge < -0.3 is 9.64 Å². The maximum Gasteiger partial charge on any atom is 0.245 e. The highest BCUT2D eigenvalue weighted by Crippen LogP contribution is 2.29. The Bertz CT molecular complexity index is 1630. The molecule has 2 fully saturated rings. The Labute approximate surface area is 260 Å². The largest absolute Gasteiger partial charge is 0.379 e. The van der Waals surface area contributed by atoms with Crippen molar-refractivity contribution < 1.29 is 9.53 Å². The van der Waals surface area contributed by atoms with Crippen LogP contribution in [0.3, 0.4) is 0 Å². The molecule has 228 valence electrons. The first kappa shape index (κ1) is 30.0. The van der Waals surface area contributed by atoms with Gasteiger partial charge >= 0.3 is 0 Å². The Kier molecular flexibility index (Phi) is 9.36. The highest BCUT2D eigenvalue weighted by Gasteiger charge is 2.24.